The molecule has 0 radical (unpaired) electrons. The molecule has 6 heteroatoms. The SMILES string of the molecule is C=C1CN(CC)/C(=C(\C#N)C(=O)NCC#N)S1. The van der Waals surface area contributed by atoms with Gasteiger partial charge in [-0.15, -0.1) is 0 Å². The molecule has 1 aliphatic rings. The van der Waals surface area contributed by atoms with Crippen LogP contribution in [0.1, 0.15) is 6.92 Å². The van der Waals surface area contributed by atoms with Crippen molar-refractivity contribution in [1.82, 2.24) is 10.2 Å². The molecule has 1 aliphatic heterocycles. The Balaban J connectivity index is 2.99. The van der Waals surface area contributed by atoms with Gasteiger partial charge in [-0.1, -0.05) is 18.3 Å². The van der Waals surface area contributed by atoms with Gasteiger partial charge in [0, 0.05) is 18.0 Å². The number of carbonyl (C=O) groups excluding carboxylic acids is 1. The molecule has 0 spiro atoms. The van der Waals surface area contributed by atoms with Gasteiger partial charge >= 0.3 is 0 Å². The summed E-state index contributed by atoms with van der Waals surface area (Å²) in [6.45, 7) is 7.03. The lowest BCUT2D eigenvalue weighted by molar-refractivity contribution is -0.116. The number of hydrogen-bond donors (Lipinski definition) is 1. The first-order valence-corrected chi connectivity index (χ1v) is 5.85. The number of carbonyl (C=O) groups is 1. The highest BCUT2D eigenvalue weighted by atomic mass is 32.2. The maximum absolute atomic E-state index is 11.7. The zero-order valence-electron chi connectivity index (χ0n) is 9.49. The highest BCUT2D eigenvalue weighted by Crippen LogP contribution is 2.37. The summed E-state index contributed by atoms with van der Waals surface area (Å²) in [5.74, 6) is -0.510. The summed E-state index contributed by atoms with van der Waals surface area (Å²) < 4.78 is 0. The third-order valence-corrected chi connectivity index (χ3v) is 3.23. The van der Waals surface area contributed by atoms with Crippen molar-refractivity contribution in [3.63, 3.8) is 0 Å². The third-order valence-electron chi connectivity index (χ3n) is 2.16. The first-order chi connectivity index (χ1) is 8.13. The zero-order valence-corrected chi connectivity index (χ0v) is 10.3. The first kappa shape index (κ1) is 13.1. The monoisotopic (exact) mass is 248 g/mol. The molecule has 0 aliphatic carbocycles. The highest BCUT2D eigenvalue weighted by Gasteiger charge is 2.26. The molecule has 1 N–H and O–H groups in total. The molecule has 17 heavy (non-hydrogen) atoms. The van der Waals surface area contributed by atoms with Crippen molar-refractivity contribution in [3.05, 3.63) is 22.1 Å². The summed E-state index contributed by atoms with van der Waals surface area (Å²) in [6.07, 6.45) is 0. The topological polar surface area (TPSA) is 79.9 Å². The Kier molecular flexibility index (Phi) is 4.62. The van der Waals surface area contributed by atoms with Crippen LogP contribution in [0.5, 0.6) is 0 Å². The van der Waals surface area contributed by atoms with Crippen LogP contribution in [0, 0.1) is 22.7 Å². The van der Waals surface area contributed by atoms with Gasteiger partial charge in [0.05, 0.1) is 11.1 Å². The van der Waals surface area contributed by atoms with Crippen LogP contribution in [0.15, 0.2) is 22.1 Å². The van der Waals surface area contributed by atoms with Crippen LogP contribution < -0.4 is 5.32 Å². The second kappa shape index (κ2) is 5.97. The lowest BCUT2D eigenvalue weighted by Gasteiger charge is -2.16. The fraction of sp³-hybridized carbons (Fsp3) is 0.364. The molecule has 1 fully saturated rings. The molecule has 0 aromatic rings. The highest BCUT2D eigenvalue weighted by molar-refractivity contribution is 8.07. The molecule has 5 nitrogen and oxygen atoms in total. The van der Waals surface area contributed by atoms with Crippen molar-refractivity contribution in [3.8, 4) is 12.1 Å². The van der Waals surface area contributed by atoms with Gasteiger partial charge in [0.1, 0.15) is 18.2 Å². The van der Waals surface area contributed by atoms with Gasteiger partial charge in [-0.25, -0.2) is 0 Å². The molecule has 0 atom stereocenters. The van der Waals surface area contributed by atoms with E-state index in [1.54, 1.807) is 6.07 Å². The van der Waals surface area contributed by atoms with Crippen LogP contribution in [-0.2, 0) is 4.79 Å². The minimum atomic E-state index is -0.510. The number of hydrogen-bond acceptors (Lipinski definition) is 5. The van der Waals surface area contributed by atoms with Crippen molar-refractivity contribution in [1.29, 1.82) is 10.5 Å². The molecule has 0 aromatic carbocycles. The summed E-state index contributed by atoms with van der Waals surface area (Å²) in [5.41, 5.74) is 0.0470. The summed E-state index contributed by atoms with van der Waals surface area (Å²) in [4.78, 5) is 14.5. The van der Waals surface area contributed by atoms with Gasteiger partial charge in [-0.3, -0.25) is 4.79 Å². The summed E-state index contributed by atoms with van der Waals surface area (Å²) in [7, 11) is 0. The van der Waals surface area contributed by atoms with E-state index >= 15 is 0 Å². The Hall–Kier alpha value is -1.92. The molecule has 0 saturated carbocycles. The van der Waals surface area contributed by atoms with Crippen LogP contribution in [0.4, 0.5) is 0 Å². The summed E-state index contributed by atoms with van der Waals surface area (Å²) in [5, 5.41) is 20.4. The molecule has 0 bridgehead atoms. The van der Waals surface area contributed by atoms with E-state index in [-0.39, 0.29) is 12.1 Å². The number of nitriles is 2. The van der Waals surface area contributed by atoms with Gasteiger partial charge < -0.3 is 10.2 Å². The first-order valence-electron chi connectivity index (χ1n) is 5.04. The van der Waals surface area contributed by atoms with Crippen molar-refractivity contribution in [2.75, 3.05) is 19.6 Å². The van der Waals surface area contributed by atoms with Crippen molar-refractivity contribution in [2.24, 2.45) is 0 Å². The summed E-state index contributed by atoms with van der Waals surface area (Å²) in [6, 6.07) is 3.69. The number of likely N-dealkylation sites (N-methyl/N-ethyl adjacent to an activating group) is 1. The smallest absolute Gasteiger partial charge is 0.265 e. The average Bonchev–Trinajstić information content (AvgIpc) is 2.68. The van der Waals surface area contributed by atoms with E-state index in [0.717, 1.165) is 4.91 Å². The standard InChI is InChI=1S/C11H12N4OS/c1-3-15-7-8(2)17-11(15)9(6-13)10(16)14-5-4-12/h2-3,5,7H2,1H3,(H,14,16)/b11-9-. The molecule has 88 valence electrons. The fourth-order valence-electron chi connectivity index (χ4n) is 1.39. The second-order valence-corrected chi connectivity index (χ2v) is 4.46. The lowest BCUT2D eigenvalue weighted by atomic mass is 10.3. The van der Waals surface area contributed by atoms with Gasteiger partial charge in [0.25, 0.3) is 5.91 Å². The Labute approximate surface area is 104 Å². The molecule has 1 rings (SSSR count). The quantitative estimate of drug-likeness (QED) is 0.457. The number of rotatable bonds is 3. The zero-order chi connectivity index (χ0) is 12.8. The maximum Gasteiger partial charge on any atom is 0.265 e. The minimum Gasteiger partial charge on any atom is -0.360 e. The predicted molar refractivity (Wildman–Crippen MR) is 65.2 cm³/mol. The summed E-state index contributed by atoms with van der Waals surface area (Å²) >= 11 is 1.34. The van der Waals surface area contributed by atoms with E-state index < -0.39 is 5.91 Å². The number of amides is 1. The van der Waals surface area contributed by atoms with Crippen molar-refractivity contribution >= 4 is 17.7 Å². The molecular weight excluding hydrogens is 236 g/mol. The van der Waals surface area contributed by atoms with Gasteiger partial charge in [-0.05, 0) is 6.92 Å². The molecule has 0 aromatic heterocycles. The fourth-order valence-corrected chi connectivity index (χ4v) is 2.44. The number of nitrogens with zero attached hydrogens (tertiary/aromatic N) is 3. The Bertz CT molecular complexity index is 455. The largest absolute Gasteiger partial charge is 0.360 e. The second-order valence-electron chi connectivity index (χ2n) is 3.29. The normalized spacial score (nSPS) is 17.4. The molecule has 0 unspecified atom stereocenters. The Morgan fingerprint density at radius 3 is 2.88 bits per heavy atom. The van der Waals surface area contributed by atoms with E-state index in [1.165, 1.54) is 11.8 Å². The molecule has 1 saturated heterocycles. The molecule has 1 heterocycles. The van der Waals surface area contributed by atoms with E-state index in [2.05, 4.69) is 11.9 Å². The van der Waals surface area contributed by atoms with E-state index in [1.807, 2.05) is 17.9 Å². The predicted octanol–water partition coefficient (Wildman–Crippen LogP) is 0.944. The van der Waals surface area contributed by atoms with Crippen LogP contribution in [-0.4, -0.2) is 30.4 Å². The molecular formula is C11H12N4OS. The minimum absolute atomic E-state index is 0.0470. The maximum atomic E-state index is 11.7. The van der Waals surface area contributed by atoms with Crippen LogP contribution in [0.25, 0.3) is 0 Å². The van der Waals surface area contributed by atoms with E-state index in [0.29, 0.717) is 18.1 Å². The number of nitrogens with one attached hydrogen (secondary N) is 1. The molecule has 1 amide bonds. The van der Waals surface area contributed by atoms with Crippen LogP contribution >= 0.6 is 11.8 Å². The number of thioether (sulfide) groups is 1. The van der Waals surface area contributed by atoms with Gasteiger partial charge in [0.2, 0.25) is 0 Å². The average molecular weight is 248 g/mol. The lowest BCUT2D eigenvalue weighted by Crippen LogP contribution is -2.28. The van der Waals surface area contributed by atoms with E-state index in [4.69, 9.17) is 10.5 Å². The van der Waals surface area contributed by atoms with Crippen molar-refractivity contribution in [2.45, 2.75) is 6.92 Å². The third kappa shape index (κ3) is 3.02. The van der Waals surface area contributed by atoms with Gasteiger partial charge in [0.15, 0.2) is 0 Å². The Morgan fingerprint density at radius 1 is 1.65 bits per heavy atom. The van der Waals surface area contributed by atoms with E-state index in [9.17, 15) is 4.79 Å². The van der Waals surface area contributed by atoms with Crippen molar-refractivity contribution < 1.29 is 4.79 Å². The van der Waals surface area contributed by atoms with Gasteiger partial charge in [-0.2, -0.15) is 10.5 Å². The van der Waals surface area contributed by atoms with Crippen LogP contribution in [0.3, 0.4) is 0 Å². The Morgan fingerprint density at radius 2 is 2.35 bits per heavy atom. The van der Waals surface area contributed by atoms with Crippen LogP contribution in [0.2, 0.25) is 0 Å².